The molecule has 0 atom stereocenters. The summed E-state index contributed by atoms with van der Waals surface area (Å²) in [5.74, 6) is -0.0409. The number of carbonyl (C=O) groups excluding carboxylic acids is 1. The highest BCUT2D eigenvalue weighted by Gasteiger charge is 2.17. The molecule has 0 saturated heterocycles. The average Bonchev–Trinajstić information content (AvgIpc) is 3.09. The molecule has 0 aliphatic heterocycles. The molecule has 0 unspecified atom stereocenters. The molecule has 152 valence electrons. The molecule has 3 rings (SSSR count). The number of carbonyl (C=O) groups is 1. The molecule has 0 aliphatic carbocycles. The topological polar surface area (TPSA) is 106 Å². The maximum Gasteiger partial charge on any atom is 0.291 e. The second-order valence-electron chi connectivity index (χ2n) is 6.29. The third-order valence-corrected chi connectivity index (χ3v) is 5.82. The summed E-state index contributed by atoms with van der Waals surface area (Å²) in [4.78, 5) is 16.7. The van der Waals surface area contributed by atoms with Crippen molar-refractivity contribution in [3.63, 3.8) is 0 Å². The summed E-state index contributed by atoms with van der Waals surface area (Å²) in [5.41, 5.74) is 2.05. The molecule has 10 heteroatoms. The van der Waals surface area contributed by atoms with Crippen molar-refractivity contribution in [3.8, 4) is 5.69 Å². The smallest absolute Gasteiger partial charge is 0.291 e. The van der Waals surface area contributed by atoms with Gasteiger partial charge in [-0.25, -0.2) is 22.8 Å². The first kappa shape index (κ1) is 21.0. The number of amides is 1. The predicted octanol–water partition coefficient (Wildman–Crippen LogP) is 2.21. The molecule has 1 amide bonds. The summed E-state index contributed by atoms with van der Waals surface area (Å²) in [7, 11) is -2.06. The van der Waals surface area contributed by atoms with E-state index in [-0.39, 0.29) is 18.1 Å². The molecule has 0 spiro atoms. The third-order valence-electron chi connectivity index (χ3n) is 4.26. The van der Waals surface area contributed by atoms with Crippen LogP contribution in [0.15, 0.2) is 48.5 Å². The van der Waals surface area contributed by atoms with E-state index in [9.17, 15) is 13.2 Å². The molecule has 0 radical (unpaired) electrons. The number of benzene rings is 2. The fourth-order valence-corrected chi connectivity index (χ4v) is 3.68. The van der Waals surface area contributed by atoms with Crippen molar-refractivity contribution in [1.82, 2.24) is 24.8 Å². The minimum atomic E-state index is -3.42. The van der Waals surface area contributed by atoms with Gasteiger partial charge in [-0.3, -0.25) is 4.79 Å². The van der Waals surface area contributed by atoms with E-state index in [1.807, 2.05) is 0 Å². The van der Waals surface area contributed by atoms with E-state index in [1.165, 1.54) is 7.05 Å². The van der Waals surface area contributed by atoms with Gasteiger partial charge in [-0.15, -0.1) is 5.10 Å². The molecule has 0 aliphatic rings. The van der Waals surface area contributed by atoms with Crippen LogP contribution in [0.4, 0.5) is 0 Å². The highest BCUT2D eigenvalue weighted by atomic mass is 35.5. The average molecular weight is 434 g/mol. The summed E-state index contributed by atoms with van der Waals surface area (Å²) in [6.45, 7) is 1.90. The Morgan fingerprint density at radius 3 is 2.41 bits per heavy atom. The SMILES string of the molecule is CNS(=O)(=O)Cc1ccccc1CNC(=O)c1nc(C)n(-c2ccc(Cl)cc2)n1. The summed E-state index contributed by atoms with van der Waals surface area (Å²) in [6.07, 6.45) is 0. The van der Waals surface area contributed by atoms with Gasteiger partial charge in [-0.1, -0.05) is 35.9 Å². The molecule has 29 heavy (non-hydrogen) atoms. The number of halogens is 1. The highest BCUT2D eigenvalue weighted by Crippen LogP contribution is 2.15. The van der Waals surface area contributed by atoms with E-state index in [0.29, 0.717) is 22.0 Å². The van der Waals surface area contributed by atoms with Gasteiger partial charge in [0.25, 0.3) is 5.91 Å². The van der Waals surface area contributed by atoms with Crippen LogP contribution in [0.25, 0.3) is 5.69 Å². The van der Waals surface area contributed by atoms with E-state index in [0.717, 1.165) is 5.69 Å². The zero-order valence-corrected chi connectivity index (χ0v) is 17.5. The Bertz CT molecular complexity index is 1130. The van der Waals surface area contributed by atoms with E-state index < -0.39 is 15.9 Å². The lowest BCUT2D eigenvalue weighted by Gasteiger charge is -2.10. The molecule has 0 saturated carbocycles. The van der Waals surface area contributed by atoms with Crippen LogP contribution < -0.4 is 10.0 Å². The largest absolute Gasteiger partial charge is 0.345 e. The first-order chi connectivity index (χ1) is 13.8. The van der Waals surface area contributed by atoms with Gasteiger partial charge in [0.1, 0.15) is 5.82 Å². The summed E-state index contributed by atoms with van der Waals surface area (Å²) < 4.78 is 27.5. The first-order valence-electron chi connectivity index (χ1n) is 8.75. The van der Waals surface area contributed by atoms with Crippen molar-refractivity contribution in [2.45, 2.75) is 19.2 Å². The molecule has 0 bridgehead atoms. The lowest BCUT2D eigenvalue weighted by Crippen LogP contribution is -2.26. The van der Waals surface area contributed by atoms with Crippen molar-refractivity contribution in [2.24, 2.45) is 0 Å². The zero-order valence-electron chi connectivity index (χ0n) is 15.9. The third kappa shape index (κ3) is 5.20. The van der Waals surface area contributed by atoms with Crippen LogP contribution in [0.1, 0.15) is 27.6 Å². The summed E-state index contributed by atoms with van der Waals surface area (Å²) in [5, 5.41) is 7.61. The standard InChI is InChI=1S/C19H20ClN5O3S/c1-13-23-18(24-25(13)17-9-7-16(20)8-10-17)19(26)22-11-14-5-3-4-6-15(14)12-29(27,28)21-2/h3-10,21H,11-12H2,1-2H3,(H,22,26). The Morgan fingerprint density at radius 1 is 1.10 bits per heavy atom. The monoisotopic (exact) mass is 433 g/mol. The van der Waals surface area contributed by atoms with Crippen LogP contribution in [-0.4, -0.2) is 36.1 Å². The molecular formula is C19H20ClN5O3S. The maximum atomic E-state index is 12.5. The molecule has 3 aromatic rings. The zero-order chi connectivity index (χ0) is 21.0. The minimum absolute atomic E-state index is 0.0257. The van der Waals surface area contributed by atoms with E-state index >= 15 is 0 Å². The number of aryl methyl sites for hydroxylation is 1. The van der Waals surface area contributed by atoms with Gasteiger partial charge in [-0.2, -0.15) is 0 Å². The lowest BCUT2D eigenvalue weighted by molar-refractivity contribution is 0.0940. The number of rotatable bonds is 7. The van der Waals surface area contributed by atoms with Gasteiger partial charge < -0.3 is 5.32 Å². The Balaban J connectivity index is 1.74. The van der Waals surface area contributed by atoms with Crippen molar-refractivity contribution >= 4 is 27.5 Å². The maximum absolute atomic E-state index is 12.5. The van der Waals surface area contributed by atoms with Crippen molar-refractivity contribution in [1.29, 1.82) is 0 Å². The number of sulfonamides is 1. The van der Waals surface area contributed by atoms with E-state index in [4.69, 9.17) is 11.6 Å². The fourth-order valence-electron chi connectivity index (χ4n) is 2.72. The normalized spacial score (nSPS) is 11.4. The number of nitrogens with one attached hydrogen (secondary N) is 2. The first-order valence-corrected chi connectivity index (χ1v) is 10.8. The fraction of sp³-hybridized carbons (Fsp3) is 0.211. The molecule has 8 nitrogen and oxygen atoms in total. The number of hydrogen-bond acceptors (Lipinski definition) is 5. The lowest BCUT2D eigenvalue weighted by atomic mass is 10.1. The summed E-state index contributed by atoms with van der Waals surface area (Å²) >= 11 is 5.91. The molecule has 0 fully saturated rings. The minimum Gasteiger partial charge on any atom is -0.345 e. The molecular weight excluding hydrogens is 414 g/mol. The van der Waals surface area contributed by atoms with Crippen LogP contribution in [0.2, 0.25) is 5.02 Å². The van der Waals surface area contributed by atoms with Gasteiger partial charge in [0.05, 0.1) is 11.4 Å². The van der Waals surface area contributed by atoms with Gasteiger partial charge in [-0.05, 0) is 49.4 Å². The van der Waals surface area contributed by atoms with Gasteiger partial charge >= 0.3 is 0 Å². The van der Waals surface area contributed by atoms with Gasteiger partial charge in [0.15, 0.2) is 0 Å². The van der Waals surface area contributed by atoms with Crippen molar-refractivity contribution < 1.29 is 13.2 Å². The Labute approximate surface area is 174 Å². The van der Waals surface area contributed by atoms with Crippen LogP contribution in [-0.2, 0) is 22.3 Å². The van der Waals surface area contributed by atoms with Crippen LogP contribution in [0, 0.1) is 6.92 Å². The van der Waals surface area contributed by atoms with E-state index in [2.05, 4.69) is 20.1 Å². The second-order valence-corrected chi connectivity index (χ2v) is 8.65. The number of aromatic nitrogens is 3. The van der Waals surface area contributed by atoms with Crippen molar-refractivity contribution in [2.75, 3.05) is 7.05 Å². The van der Waals surface area contributed by atoms with Crippen LogP contribution in [0.3, 0.4) is 0 Å². The highest BCUT2D eigenvalue weighted by molar-refractivity contribution is 7.88. The molecule has 2 aromatic carbocycles. The number of hydrogen-bond donors (Lipinski definition) is 2. The van der Waals surface area contributed by atoms with Crippen LogP contribution >= 0.6 is 11.6 Å². The van der Waals surface area contributed by atoms with Crippen molar-refractivity contribution in [3.05, 3.63) is 76.3 Å². The molecule has 1 heterocycles. The second kappa shape index (κ2) is 8.73. The van der Waals surface area contributed by atoms with Gasteiger partial charge in [0, 0.05) is 11.6 Å². The summed E-state index contributed by atoms with van der Waals surface area (Å²) in [6, 6.07) is 14.1. The number of nitrogens with zero attached hydrogens (tertiary/aromatic N) is 3. The van der Waals surface area contributed by atoms with Crippen LogP contribution in [0.5, 0.6) is 0 Å². The molecule has 2 N–H and O–H groups in total. The molecule has 1 aromatic heterocycles. The Morgan fingerprint density at radius 2 is 1.76 bits per heavy atom. The predicted molar refractivity (Wildman–Crippen MR) is 110 cm³/mol. The van der Waals surface area contributed by atoms with Gasteiger partial charge in [0.2, 0.25) is 15.8 Å². The Kier molecular flexibility index (Phi) is 6.31. The van der Waals surface area contributed by atoms with E-state index in [1.54, 1.807) is 60.1 Å². The Hall–Kier alpha value is -2.75. The quantitative estimate of drug-likeness (QED) is 0.594.